The maximum atomic E-state index is 10.5. The average Bonchev–Trinajstić information content (AvgIpc) is 2.42. The first-order chi connectivity index (χ1) is 6.58. The second kappa shape index (κ2) is 3.14. The van der Waals surface area contributed by atoms with E-state index in [0.717, 1.165) is 0 Å². The molecule has 0 atom stereocenters. The van der Waals surface area contributed by atoms with E-state index < -0.39 is 4.92 Å². The number of nitro benzene ring substituents is 1. The lowest BCUT2D eigenvalue weighted by molar-refractivity contribution is -0.384. The first-order valence-corrected chi connectivity index (χ1v) is 4.34. The highest BCUT2D eigenvalue weighted by molar-refractivity contribution is 7.80. The summed E-state index contributed by atoms with van der Waals surface area (Å²) in [4.78, 5) is 13.8. The maximum absolute atomic E-state index is 10.5. The fourth-order valence-electron chi connectivity index (χ4n) is 1.07. The maximum Gasteiger partial charge on any atom is 0.291 e. The van der Waals surface area contributed by atoms with Gasteiger partial charge in [-0.3, -0.25) is 10.1 Å². The zero-order valence-corrected chi connectivity index (χ0v) is 8.25. The lowest BCUT2D eigenvalue weighted by atomic mass is 10.3. The Morgan fingerprint density at radius 3 is 2.93 bits per heavy atom. The number of nitro groups is 1. The number of aromatic nitrogens is 1. The van der Waals surface area contributed by atoms with Crippen LogP contribution in [0.5, 0.6) is 0 Å². The van der Waals surface area contributed by atoms with Crippen LogP contribution in [0.25, 0.3) is 11.1 Å². The van der Waals surface area contributed by atoms with E-state index in [-0.39, 0.29) is 15.9 Å². The van der Waals surface area contributed by atoms with Crippen molar-refractivity contribution in [3.05, 3.63) is 27.3 Å². The van der Waals surface area contributed by atoms with Crippen LogP contribution in [0.1, 0.15) is 0 Å². The summed E-state index contributed by atoms with van der Waals surface area (Å²) in [6.07, 6.45) is 0. The normalized spacial score (nSPS) is 10.7. The van der Waals surface area contributed by atoms with Crippen LogP contribution < -0.4 is 0 Å². The molecule has 0 aliphatic carbocycles. The van der Waals surface area contributed by atoms with E-state index in [1.165, 1.54) is 12.1 Å². The van der Waals surface area contributed by atoms with Crippen molar-refractivity contribution in [1.82, 2.24) is 4.98 Å². The molecule has 1 aromatic carbocycles. The lowest BCUT2D eigenvalue weighted by Crippen LogP contribution is -1.88. The lowest BCUT2D eigenvalue weighted by Gasteiger charge is -1.92. The highest BCUT2D eigenvalue weighted by Gasteiger charge is 2.16. The van der Waals surface area contributed by atoms with Crippen molar-refractivity contribution >= 4 is 41.0 Å². The van der Waals surface area contributed by atoms with Crippen LogP contribution in [0, 0.1) is 10.1 Å². The summed E-state index contributed by atoms with van der Waals surface area (Å²) in [5, 5.41) is 10.7. The van der Waals surface area contributed by atoms with E-state index >= 15 is 0 Å². The van der Waals surface area contributed by atoms with Gasteiger partial charge in [-0.1, -0.05) is 24.2 Å². The number of hydrogen-bond acceptors (Lipinski definition) is 5. The molecule has 2 rings (SSSR count). The molecular weight excluding hydrogens is 228 g/mol. The number of halogens is 1. The summed E-state index contributed by atoms with van der Waals surface area (Å²) in [6.45, 7) is 0. The zero-order chi connectivity index (χ0) is 10.3. The van der Waals surface area contributed by atoms with Crippen molar-refractivity contribution in [3.63, 3.8) is 0 Å². The van der Waals surface area contributed by atoms with Gasteiger partial charge in [0.25, 0.3) is 10.9 Å². The summed E-state index contributed by atoms with van der Waals surface area (Å²) in [7, 11) is 0. The predicted molar refractivity (Wildman–Crippen MR) is 52.9 cm³/mol. The smallest absolute Gasteiger partial charge is 0.291 e. The van der Waals surface area contributed by atoms with Crippen molar-refractivity contribution < 1.29 is 9.34 Å². The van der Waals surface area contributed by atoms with Gasteiger partial charge < -0.3 is 4.42 Å². The number of oxazole rings is 1. The van der Waals surface area contributed by atoms with Gasteiger partial charge in [0.1, 0.15) is 10.5 Å². The molecule has 5 nitrogen and oxygen atoms in total. The van der Waals surface area contributed by atoms with Gasteiger partial charge in [-0.15, -0.1) is 0 Å². The molecule has 72 valence electrons. The Hall–Kier alpha value is -1.27. The molecule has 0 radical (unpaired) electrons. The zero-order valence-electron chi connectivity index (χ0n) is 6.60. The molecule has 0 aliphatic rings. The molecule has 0 N–H and O–H groups in total. The SMILES string of the molecule is O=[N+]([O-])c1cc2oc(S)nc2cc1Cl. The van der Waals surface area contributed by atoms with E-state index in [2.05, 4.69) is 17.6 Å². The van der Waals surface area contributed by atoms with Crippen LogP contribution in [-0.2, 0) is 0 Å². The average molecular weight is 231 g/mol. The van der Waals surface area contributed by atoms with Gasteiger partial charge >= 0.3 is 0 Å². The number of benzene rings is 1. The van der Waals surface area contributed by atoms with Gasteiger partial charge in [0.15, 0.2) is 5.58 Å². The summed E-state index contributed by atoms with van der Waals surface area (Å²) in [5.41, 5.74) is 0.542. The third kappa shape index (κ3) is 1.42. The van der Waals surface area contributed by atoms with E-state index in [0.29, 0.717) is 11.1 Å². The van der Waals surface area contributed by atoms with Gasteiger partial charge in [0.2, 0.25) is 0 Å². The molecule has 0 amide bonds. The van der Waals surface area contributed by atoms with Crippen LogP contribution >= 0.6 is 24.2 Å². The van der Waals surface area contributed by atoms with Gasteiger partial charge in [-0.05, 0) is 6.07 Å². The highest BCUT2D eigenvalue weighted by Crippen LogP contribution is 2.30. The minimum atomic E-state index is -0.581. The Bertz CT molecular complexity index is 525. The number of rotatable bonds is 1. The molecule has 1 aromatic heterocycles. The van der Waals surface area contributed by atoms with Crippen LogP contribution in [0.3, 0.4) is 0 Å². The third-order valence-corrected chi connectivity index (χ3v) is 2.14. The van der Waals surface area contributed by atoms with Crippen LogP contribution in [0.2, 0.25) is 5.02 Å². The van der Waals surface area contributed by atoms with Crippen LogP contribution in [-0.4, -0.2) is 9.91 Å². The topological polar surface area (TPSA) is 69.2 Å². The number of nitrogens with zero attached hydrogens (tertiary/aromatic N) is 2. The van der Waals surface area contributed by atoms with Crippen LogP contribution in [0.4, 0.5) is 5.69 Å². The second-order valence-corrected chi connectivity index (χ2v) is 3.31. The molecule has 0 saturated heterocycles. The monoisotopic (exact) mass is 230 g/mol. The molecular formula is C7H3ClN2O3S. The first kappa shape index (κ1) is 9.29. The van der Waals surface area contributed by atoms with E-state index in [4.69, 9.17) is 16.0 Å². The highest BCUT2D eigenvalue weighted by atomic mass is 35.5. The first-order valence-electron chi connectivity index (χ1n) is 3.51. The fraction of sp³-hybridized carbons (Fsp3) is 0. The van der Waals surface area contributed by atoms with E-state index in [1.807, 2.05) is 0 Å². The number of fused-ring (bicyclic) bond motifs is 1. The number of hydrogen-bond donors (Lipinski definition) is 1. The van der Waals surface area contributed by atoms with Gasteiger partial charge in [0.05, 0.1) is 11.0 Å². The Labute approximate surface area is 88.2 Å². The summed E-state index contributed by atoms with van der Waals surface area (Å²) >= 11 is 9.53. The quantitative estimate of drug-likeness (QED) is 0.465. The standard InChI is InChI=1S/C7H3ClN2O3S/c8-3-1-4-6(13-7(14)9-4)2-5(3)10(11)12/h1-2H,(H,9,14). The molecule has 0 aliphatic heterocycles. The predicted octanol–water partition coefficient (Wildman–Crippen LogP) is 2.68. The van der Waals surface area contributed by atoms with Crippen molar-refractivity contribution in [2.75, 3.05) is 0 Å². The molecule has 2 aromatic rings. The molecule has 0 spiro atoms. The Morgan fingerprint density at radius 1 is 1.57 bits per heavy atom. The Morgan fingerprint density at radius 2 is 2.29 bits per heavy atom. The minimum absolute atomic E-state index is 0.0316. The summed E-state index contributed by atoms with van der Waals surface area (Å²) in [6, 6.07) is 2.60. The largest absolute Gasteiger partial charge is 0.431 e. The van der Waals surface area contributed by atoms with Crippen molar-refractivity contribution in [2.45, 2.75) is 5.22 Å². The minimum Gasteiger partial charge on any atom is -0.431 e. The Kier molecular flexibility index (Phi) is 2.09. The molecule has 0 bridgehead atoms. The molecule has 7 heteroatoms. The van der Waals surface area contributed by atoms with Gasteiger partial charge in [-0.25, -0.2) is 4.98 Å². The van der Waals surface area contributed by atoms with Crippen molar-refractivity contribution in [1.29, 1.82) is 0 Å². The third-order valence-electron chi connectivity index (χ3n) is 1.64. The summed E-state index contributed by atoms with van der Waals surface area (Å²) < 4.78 is 5.00. The van der Waals surface area contributed by atoms with Crippen molar-refractivity contribution in [2.24, 2.45) is 0 Å². The molecule has 0 unspecified atom stereocenters. The molecule has 0 fully saturated rings. The Balaban J connectivity index is 2.76. The summed E-state index contributed by atoms with van der Waals surface area (Å²) in [5.74, 6) is 0. The second-order valence-electron chi connectivity index (χ2n) is 2.52. The molecule has 0 saturated carbocycles. The molecule has 14 heavy (non-hydrogen) atoms. The fourth-order valence-corrected chi connectivity index (χ4v) is 1.50. The van der Waals surface area contributed by atoms with E-state index in [1.54, 1.807) is 0 Å². The number of thiol groups is 1. The van der Waals surface area contributed by atoms with Crippen molar-refractivity contribution in [3.8, 4) is 0 Å². The van der Waals surface area contributed by atoms with Gasteiger partial charge in [0, 0.05) is 0 Å². The van der Waals surface area contributed by atoms with Crippen LogP contribution in [0.15, 0.2) is 21.8 Å². The van der Waals surface area contributed by atoms with E-state index in [9.17, 15) is 10.1 Å². The molecule has 1 heterocycles. The van der Waals surface area contributed by atoms with Gasteiger partial charge in [-0.2, -0.15) is 0 Å².